The Morgan fingerprint density at radius 2 is 1.33 bits per heavy atom. The average molecular weight is 591 g/mol. The van der Waals surface area contributed by atoms with Crippen LogP contribution in [-0.2, 0) is 0 Å². The van der Waals surface area contributed by atoms with Gasteiger partial charge in [0.15, 0.2) is 0 Å². The molecule has 5 aromatic rings. The van der Waals surface area contributed by atoms with Gasteiger partial charge in [0, 0.05) is 29.5 Å². The van der Waals surface area contributed by atoms with E-state index in [0.29, 0.717) is 0 Å². The molecule has 0 spiro atoms. The van der Waals surface area contributed by atoms with Crippen molar-refractivity contribution < 1.29 is 4.74 Å². The summed E-state index contributed by atoms with van der Waals surface area (Å²) in [6.07, 6.45) is 3.11. The van der Waals surface area contributed by atoms with Gasteiger partial charge in [0.25, 0.3) is 13.4 Å². The SMILES string of the molecule is CC1=CC(C)=C(B2c3ccccc3N(c3ccccc3)c3cc4c(cc32)B(c2c(C)cc(C)cc2C)c2ccccc2O4)C#CC1. The average Bonchev–Trinajstić information content (AvgIpc) is 3.21. The molecule has 0 saturated carbocycles. The molecule has 0 N–H and O–H groups in total. The fourth-order valence-electron chi connectivity index (χ4n) is 7.97. The number of ether oxygens (including phenoxy) is 1. The monoisotopic (exact) mass is 591 g/mol. The van der Waals surface area contributed by atoms with Crippen molar-refractivity contribution in [2.75, 3.05) is 4.90 Å². The van der Waals surface area contributed by atoms with Crippen molar-refractivity contribution >= 4 is 57.8 Å². The molecule has 2 nitrogen and oxygen atoms in total. The van der Waals surface area contributed by atoms with Crippen LogP contribution >= 0.6 is 0 Å². The Hall–Kier alpha value is -5.13. The first-order chi connectivity index (χ1) is 22.4. The summed E-state index contributed by atoms with van der Waals surface area (Å²) in [7, 11) is 0. The maximum atomic E-state index is 6.83. The first-order valence-corrected chi connectivity index (χ1v) is 16.2. The van der Waals surface area contributed by atoms with Crippen molar-refractivity contribution in [2.45, 2.75) is 41.0 Å². The number of para-hydroxylation sites is 3. The topological polar surface area (TPSA) is 12.5 Å². The van der Waals surface area contributed by atoms with Crippen molar-refractivity contribution in [3.63, 3.8) is 0 Å². The molecule has 46 heavy (non-hydrogen) atoms. The lowest BCUT2D eigenvalue weighted by Crippen LogP contribution is -2.59. The van der Waals surface area contributed by atoms with Gasteiger partial charge < -0.3 is 9.64 Å². The van der Waals surface area contributed by atoms with Gasteiger partial charge in [-0.2, -0.15) is 0 Å². The van der Waals surface area contributed by atoms with Gasteiger partial charge in [0.2, 0.25) is 0 Å². The number of allylic oxidation sites excluding steroid dienone is 4. The molecule has 4 heteroatoms. The van der Waals surface area contributed by atoms with Crippen molar-refractivity contribution in [1.29, 1.82) is 0 Å². The number of fused-ring (bicyclic) bond motifs is 4. The molecule has 0 amide bonds. The lowest BCUT2D eigenvalue weighted by atomic mass is 9.31. The van der Waals surface area contributed by atoms with Gasteiger partial charge in [-0.1, -0.05) is 118 Å². The minimum absolute atomic E-state index is 0.0101. The van der Waals surface area contributed by atoms with Crippen LogP contribution in [0.5, 0.6) is 11.5 Å². The Kier molecular flexibility index (Phi) is 6.80. The van der Waals surface area contributed by atoms with Gasteiger partial charge in [-0.05, 0) is 91.8 Å². The third-order valence-electron chi connectivity index (χ3n) is 9.77. The van der Waals surface area contributed by atoms with Crippen LogP contribution < -0.4 is 37.0 Å². The number of rotatable bonds is 3. The highest BCUT2D eigenvalue weighted by molar-refractivity contribution is 6.99. The molecule has 0 radical (unpaired) electrons. The quantitative estimate of drug-likeness (QED) is 0.165. The standard InChI is InChI=1S/C42H35B2NO/c1-27-14-13-19-33(29(3)22-27)43-34-17-9-11-20-38(34)45(32-15-7-6-8-16-32)39-26-41-37(25-36(39)43)44(35-18-10-12-21-40(35)46-41)42-30(4)23-28(2)24-31(42)5/h6-12,15-18,20-26H,14H2,1-5H3. The molecule has 0 saturated heterocycles. The summed E-state index contributed by atoms with van der Waals surface area (Å²) in [5.74, 6) is 8.99. The summed E-state index contributed by atoms with van der Waals surface area (Å²) in [6.45, 7) is 11.1. The van der Waals surface area contributed by atoms with E-state index in [0.717, 1.165) is 29.3 Å². The zero-order valence-electron chi connectivity index (χ0n) is 27.1. The van der Waals surface area contributed by atoms with Crippen molar-refractivity contribution in [2.24, 2.45) is 0 Å². The minimum Gasteiger partial charge on any atom is -0.458 e. The van der Waals surface area contributed by atoms with Gasteiger partial charge in [-0.25, -0.2) is 0 Å². The second kappa shape index (κ2) is 11.0. The normalized spacial score (nSPS) is 14.6. The van der Waals surface area contributed by atoms with Crippen LogP contribution in [-0.4, -0.2) is 13.4 Å². The molecule has 0 atom stereocenters. The summed E-state index contributed by atoms with van der Waals surface area (Å²) < 4.78 is 6.83. The van der Waals surface area contributed by atoms with Crippen molar-refractivity contribution in [3.05, 3.63) is 143 Å². The van der Waals surface area contributed by atoms with Crippen LogP contribution in [0.3, 0.4) is 0 Å². The Labute approximate surface area is 273 Å². The van der Waals surface area contributed by atoms with E-state index in [1.54, 1.807) is 0 Å². The van der Waals surface area contributed by atoms with E-state index in [-0.39, 0.29) is 13.4 Å². The zero-order chi connectivity index (χ0) is 31.5. The van der Waals surface area contributed by atoms with Gasteiger partial charge in [-0.15, -0.1) is 0 Å². The second-order valence-electron chi connectivity index (χ2n) is 13.1. The van der Waals surface area contributed by atoms with Crippen LogP contribution in [0.2, 0.25) is 0 Å². The lowest BCUT2D eigenvalue weighted by molar-refractivity contribution is 0.488. The van der Waals surface area contributed by atoms with Gasteiger partial charge >= 0.3 is 0 Å². The van der Waals surface area contributed by atoms with Crippen molar-refractivity contribution in [1.82, 2.24) is 0 Å². The number of anilines is 3. The summed E-state index contributed by atoms with van der Waals surface area (Å²) in [6, 6.07) is 37.5. The van der Waals surface area contributed by atoms with Crippen LogP contribution in [0, 0.1) is 32.6 Å². The van der Waals surface area contributed by atoms with Gasteiger partial charge in [-0.3, -0.25) is 0 Å². The molecule has 0 bridgehead atoms. The molecule has 1 aliphatic carbocycles. The molecule has 2 heterocycles. The van der Waals surface area contributed by atoms with E-state index in [1.165, 1.54) is 66.3 Å². The number of hydrogen-bond acceptors (Lipinski definition) is 2. The predicted molar refractivity (Wildman–Crippen MR) is 197 cm³/mol. The van der Waals surface area contributed by atoms with Crippen molar-refractivity contribution in [3.8, 4) is 23.3 Å². The molecule has 2 aliphatic heterocycles. The maximum absolute atomic E-state index is 6.83. The maximum Gasteiger partial charge on any atom is 0.257 e. The Bertz CT molecular complexity index is 2160. The third-order valence-corrected chi connectivity index (χ3v) is 9.77. The highest BCUT2D eigenvalue weighted by Crippen LogP contribution is 2.39. The molecule has 0 fully saturated rings. The highest BCUT2D eigenvalue weighted by Gasteiger charge is 2.41. The van der Waals surface area contributed by atoms with E-state index in [2.05, 4.69) is 161 Å². The Morgan fingerprint density at radius 1 is 0.630 bits per heavy atom. The number of nitrogens with zero attached hydrogens (tertiary/aromatic N) is 1. The number of hydrogen-bond donors (Lipinski definition) is 0. The summed E-state index contributed by atoms with van der Waals surface area (Å²) in [5, 5.41) is 0. The smallest absolute Gasteiger partial charge is 0.257 e. The van der Waals surface area contributed by atoms with Crippen LogP contribution in [0.25, 0.3) is 0 Å². The highest BCUT2D eigenvalue weighted by atomic mass is 16.5. The molecule has 0 unspecified atom stereocenters. The molecular weight excluding hydrogens is 556 g/mol. The second-order valence-corrected chi connectivity index (χ2v) is 13.1. The molecular formula is C42H35B2NO. The predicted octanol–water partition coefficient (Wildman–Crippen LogP) is 6.84. The van der Waals surface area contributed by atoms with Crippen LogP contribution in [0.15, 0.2) is 126 Å². The van der Waals surface area contributed by atoms with E-state index < -0.39 is 0 Å². The number of aryl methyl sites for hydroxylation is 3. The zero-order valence-corrected chi connectivity index (χ0v) is 27.1. The fraction of sp³-hybridized carbons (Fsp3) is 0.143. The van der Waals surface area contributed by atoms with Crippen LogP contribution in [0.4, 0.5) is 17.1 Å². The first-order valence-electron chi connectivity index (χ1n) is 16.2. The van der Waals surface area contributed by atoms with E-state index in [9.17, 15) is 0 Å². The summed E-state index contributed by atoms with van der Waals surface area (Å²) in [5.41, 5.74) is 17.4. The molecule has 5 aromatic carbocycles. The van der Waals surface area contributed by atoms with E-state index >= 15 is 0 Å². The van der Waals surface area contributed by atoms with E-state index in [1.807, 2.05) is 0 Å². The Balaban J connectivity index is 1.46. The van der Waals surface area contributed by atoms with Gasteiger partial charge in [0.05, 0.1) is 0 Å². The minimum atomic E-state index is -0.0101. The number of benzene rings is 5. The molecule has 220 valence electrons. The summed E-state index contributed by atoms with van der Waals surface area (Å²) in [4.78, 5) is 2.41. The molecule has 3 aliphatic rings. The van der Waals surface area contributed by atoms with E-state index in [4.69, 9.17) is 4.74 Å². The molecule has 0 aromatic heterocycles. The Morgan fingerprint density at radius 3 is 2.11 bits per heavy atom. The fourth-order valence-corrected chi connectivity index (χ4v) is 7.97. The lowest BCUT2D eigenvalue weighted by Gasteiger charge is -2.39. The van der Waals surface area contributed by atoms with Gasteiger partial charge in [0.1, 0.15) is 11.5 Å². The summed E-state index contributed by atoms with van der Waals surface area (Å²) >= 11 is 0. The third kappa shape index (κ3) is 4.53. The first kappa shape index (κ1) is 28.4. The largest absolute Gasteiger partial charge is 0.458 e. The van der Waals surface area contributed by atoms with Crippen LogP contribution in [0.1, 0.15) is 37.0 Å². The molecule has 8 rings (SSSR count).